The number of rotatable bonds is 5. The van der Waals surface area contributed by atoms with Gasteiger partial charge in [-0.1, -0.05) is 0 Å². The number of piperazine rings is 1. The molecule has 30 heavy (non-hydrogen) atoms. The molecule has 3 rings (SSSR count). The van der Waals surface area contributed by atoms with Gasteiger partial charge in [-0.15, -0.1) is 0 Å². The Morgan fingerprint density at radius 2 is 2.10 bits per heavy atom. The lowest BCUT2D eigenvalue weighted by Crippen LogP contribution is -2.90. The number of nitrogens with one attached hydrogen (secondary N) is 2. The van der Waals surface area contributed by atoms with Gasteiger partial charge in [0.05, 0.1) is 25.4 Å². The summed E-state index contributed by atoms with van der Waals surface area (Å²) in [4.78, 5) is 14.2. The number of aromatic nitrogens is 2. The topological polar surface area (TPSA) is 99.9 Å². The number of carbonyl (C=O) groups excluding carboxylic acids is 1. The molecule has 0 aliphatic carbocycles. The van der Waals surface area contributed by atoms with Crippen LogP contribution in [-0.2, 0) is 11.3 Å². The fourth-order valence-electron chi connectivity index (χ4n) is 3.16. The van der Waals surface area contributed by atoms with Gasteiger partial charge in [0.1, 0.15) is 12.2 Å². The molecule has 0 bridgehead atoms. The average Bonchev–Trinajstić information content (AvgIpc) is 3.16. The van der Waals surface area contributed by atoms with E-state index in [1.54, 1.807) is 19.5 Å². The number of benzene rings is 1. The summed E-state index contributed by atoms with van der Waals surface area (Å²) in [5, 5.41) is 16.3. The molecule has 1 aromatic heterocycles. The molecule has 2 amide bonds. The summed E-state index contributed by atoms with van der Waals surface area (Å²) < 4.78 is 46.6. The Hall–Kier alpha value is -3.18. The number of nitrogens with zero attached hydrogens (tertiary/aromatic N) is 3. The predicted molar refractivity (Wildman–Crippen MR) is 103 cm³/mol. The predicted octanol–water partition coefficient (Wildman–Crippen LogP) is 1.76. The second-order valence-corrected chi connectivity index (χ2v) is 6.88. The number of nitrogens with two attached hydrogens (primary N) is 1. The number of allylic oxidation sites excluding steroid dienone is 1. The number of carbonyl (C=O) groups is 1. The first-order valence-corrected chi connectivity index (χ1v) is 9.16. The number of amides is 2. The minimum absolute atomic E-state index is 0.156. The van der Waals surface area contributed by atoms with E-state index >= 15 is 0 Å². The van der Waals surface area contributed by atoms with E-state index < -0.39 is 23.5 Å². The monoisotopic (exact) mass is 423 g/mol. The van der Waals surface area contributed by atoms with Crippen molar-refractivity contribution in [3.63, 3.8) is 0 Å². The standard InChI is InChI=1S/C19H21F3N6O2/c1-11-6-24-16(17(5-23)28-8-12(7-25-28)10-30-2)9-27(11)19(29)26-13-3-14(20)18(22)15(21)4-13/h3-5,7-8,11,23-24H,6,9-10H2,1-2H3,(H,26,29)/p+1. The molecule has 160 valence electrons. The third-order valence-electron chi connectivity index (χ3n) is 4.73. The van der Waals surface area contributed by atoms with E-state index in [1.165, 1.54) is 9.58 Å². The van der Waals surface area contributed by atoms with Crippen molar-refractivity contribution < 1.29 is 28.0 Å². The van der Waals surface area contributed by atoms with Crippen LogP contribution in [0.5, 0.6) is 0 Å². The Balaban J connectivity index is 1.82. The highest BCUT2D eigenvalue weighted by atomic mass is 19.2. The Labute approximate surface area is 170 Å². The molecule has 2 heterocycles. The Morgan fingerprint density at radius 3 is 2.73 bits per heavy atom. The molecule has 0 spiro atoms. The average molecular weight is 423 g/mol. The van der Waals surface area contributed by atoms with Gasteiger partial charge in [-0.05, 0) is 6.92 Å². The van der Waals surface area contributed by atoms with Crippen molar-refractivity contribution in [2.75, 3.05) is 25.5 Å². The zero-order chi connectivity index (χ0) is 21.8. The normalized spacial score (nSPS) is 18.3. The van der Waals surface area contributed by atoms with E-state index in [-0.39, 0.29) is 18.3 Å². The maximum Gasteiger partial charge on any atom is 0.322 e. The van der Waals surface area contributed by atoms with Crippen LogP contribution in [-0.4, -0.2) is 53.2 Å². The van der Waals surface area contributed by atoms with Gasteiger partial charge in [-0.2, -0.15) is 5.10 Å². The van der Waals surface area contributed by atoms with Crippen molar-refractivity contribution in [2.24, 2.45) is 0 Å². The molecule has 4 N–H and O–H groups in total. The van der Waals surface area contributed by atoms with Gasteiger partial charge in [0.25, 0.3) is 0 Å². The highest BCUT2D eigenvalue weighted by molar-refractivity contribution is 6.01. The van der Waals surface area contributed by atoms with E-state index in [0.29, 0.717) is 24.5 Å². The van der Waals surface area contributed by atoms with E-state index in [2.05, 4.69) is 10.4 Å². The van der Waals surface area contributed by atoms with Gasteiger partial charge in [-0.25, -0.2) is 22.6 Å². The quantitative estimate of drug-likeness (QED) is 0.505. The zero-order valence-electron chi connectivity index (χ0n) is 16.5. The number of anilines is 1. The lowest BCUT2D eigenvalue weighted by molar-refractivity contribution is -0.620. The Kier molecular flexibility index (Phi) is 6.53. The summed E-state index contributed by atoms with van der Waals surface area (Å²) in [6.45, 7) is 2.87. The zero-order valence-corrected chi connectivity index (χ0v) is 16.5. The molecule has 1 aromatic carbocycles. The summed E-state index contributed by atoms with van der Waals surface area (Å²) in [5.41, 5.74) is 1.83. The SMILES string of the molecule is COCc1cnn(C(C=N)=C2CN(C(=O)Nc3cc(F)c(F)c(F)c3)C(C)C[NH2+]2)c1. The molecule has 8 nitrogen and oxygen atoms in total. The largest absolute Gasteiger partial charge is 0.380 e. The van der Waals surface area contributed by atoms with Crippen molar-refractivity contribution in [2.45, 2.75) is 19.6 Å². The van der Waals surface area contributed by atoms with Crippen molar-refractivity contribution in [1.29, 1.82) is 5.41 Å². The summed E-state index contributed by atoms with van der Waals surface area (Å²) in [5.74, 6) is -4.37. The number of hydrogen-bond acceptors (Lipinski definition) is 4. The maximum absolute atomic E-state index is 13.4. The molecule has 0 saturated carbocycles. The lowest BCUT2D eigenvalue weighted by Gasteiger charge is -2.33. The van der Waals surface area contributed by atoms with Gasteiger partial charge in [0, 0.05) is 42.9 Å². The molecule has 0 radical (unpaired) electrons. The van der Waals surface area contributed by atoms with E-state index in [9.17, 15) is 18.0 Å². The first-order chi connectivity index (χ1) is 14.3. The summed E-state index contributed by atoms with van der Waals surface area (Å²) in [6, 6.07) is 0.649. The molecule has 11 heteroatoms. The number of ether oxygens (including phenoxy) is 1. The van der Waals surface area contributed by atoms with Crippen molar-refractivity contribution in [1.82, 2.24) is 14.7 Å². The highest BCUT2D eigenvalue weighted by Gasteiger charge is 2.31. The van der Waals surface area contributed by atoms with Crippen LogP contribution >= 0.6 is 0 Å². The molecular formula is C19H22F3N6O2+. The van der Waals surface area contributed by atoms with Crippen LogP contribution in [0.4, 0.5) is 23.7 Å². The maximum atomic E-state index is 13.4. The number of quaternary nitrogens is 1. The molecule has 1 atom stereocenters. The second kappa shape index (κ2) is 9.09. The number of halogens is 3. The summed E-state index contributed by atoms with van der Waals surface area (Å²) >= 11 is 0. The highest BCUT2D eigenvalue weighted by Crippen LogP contribution is 2.19. The van der Waals surface area contributed by atoms with E-state index in [4.69, 9.17) is 10.1 Å². The fourth-order valence-corrected chi connectivity index (χ4v) is 3.16. The van der Waals surface area contributed by atoms with Gasteiger partial charge in [0.2, 0.25) is 0 Å². The molecule has 1 saturated heterocycles. The first kappa shape index (κ1) is 21.5. The molecular weight excluding hydrogens is 401 g/mol. The molecule has 2 aromatic rings. The summed E-state index contributed by atoms with van der Waals surface area (Å²) in [6.07, 6.45) is 4.50. The van der Waals surface area contributed by atoms with Crippen LogP contribution in [0, 0.1) is 22.9 Å². The van der Waals surface area contributed by atoms with Crippen molar-refractivity contribution in [3.05, 3.63) is 53.2 Å². The number of urea groups is 1. The molecule has 1 fully saturated rings. The van der Waals surface area contributed by atoms with E-state index in [1.807, 2.05) is 12.2 Å². The van der Waals surface area contributed by atoms with Crippen LogP contribution in [0.3, 0.4) is 0 Å². The van der Waals surface area contributed by atoms with Crippen LogP contribution in [0.1, 0.15) is 12.5 Å². The number of hydrogen-bond donors (Lipinski definition) is 3. The van der Waals surface area contributed by atoms with Gasteiger partial charge < -0.3 is 25.7 Å². The van der Waals surface area contributed by atoms with Crippen LogP contribution in [0.25, 0.3) is 5.70 Å². The van der Waals surface area contributed by atoms with Gasteiger partial charge >= 0.3 is 6.03 Å². The minimum atomic E-state index is -1.60. The van der Waals surface area contributed by atoms with Crippen LogP contribution < -0.4 is 10.6 Å². The lowest BCUT2D eigenvalue weighted by atomic mass is 10.1. The smallest absolute Gasteiger partial charge is 0.322 e. The van der Waals surface area contributed by atoms with Crippen molar-refractivity contribution >= 4 is 23.6 Å². The fraction of sp³-hybridized carbons (Fsp3) is 0.316. The molecule has 1 aliphatic heterocycles. The minimum Gasteiger partial charge on any atom is -0.380 e. The first-order valence-electron chi connectivity index (χ1n) is 9.16. The van der Waals surface area contributed by atoms with Gasteiger partial charge in [0.15, 0.2) is 23.1 Å². The van der Waals surface area contributed by atoms with Crippen LogP contribution in [0.15, 0.2) is 30.2 Å². The number of methoxy groups -OCH3 is 1. The molecule has 1 unspecified atom stereocenters. The van der Waals surface area contributed by atoms with Gasteiger partial charge in [-0.3, -0.25) is 0 Å². The summed E-state index contributed by atoms with van der Waals surface area (Å²) in [7, 11) is 1.57. The Bertz CT molecular complexity index is 967. The molecule has 1 aliphatic rings. The Morgan fingerprint density at radius 1 is 1.40 bits per heavy atom. The third kappa shape index (κ3) is 4.52. The van der Waals surface area contributed by atoms with Crippen LogP contribution in [0.2, 0.25) is 0 Å². The second-order valence-electron chi connectivity index (χ2n) is 6.88. The van der Waals surface area contributed by atoms with Crippen molar-refractivity contribution in [3.8, 4) is 0 Å². The van der Waals surface area contributed by atoms with E-state index in [0.717, 1.165) is 23.9 Å². The third-order valence-corrected chi connectivity index (χ3v) is 4.73.